The van der Waals surface area contributed by atoms with Gasteiger partial charge in [-0.1, -0.05) is 0 Å². The highest BCUT2D eigenvalue weighted by Gasteiger charge is 2.16. The molecule has 0 amide bonds. The third kappa shape index (κ3) is 4.17. The first-order valence-electron chi connectivity index (χ1n) is 6.86. The first-order chi connectivity index (χ1) is 9.69. The van der Waals surface area contributed by atoms with Gasteiger partial charge >= 0.3 is 0 Å². The SMILES string of the molecule is COCC(O)CCNc1nc(N)nc(N2CCCC2)n1. The average molecular weight is 282 g/mol. The molecule has 0 aliphatic carbocycles. The van der Waals surface area contributed by atoms with Crippen LogP contribution in [-0.2, 0) is 4.74 Å². The molecule has 1 atom stereocenters. The fourth-order valence-corrected chi connectivity index (χ4v) is 2.14. The normalized spacial score (nSPS) is 16.4. The maximum atomic E-state index is 9.56. The molecule has 8 heteroatoms. The highest BCUT2D eigenvalue weighted by atomic mass is 16.5. The van der Waals surface area contributed by atoms with Crippen LogP contribution in [0.15, 0.2) is 0 Å². The maximum Gasteiger partial charge on any atom is 0.231 e. The number of nitrogens with one attached hydrogen (secondary N) is 1. The molecule has 0 bridgehead atoms. The van der Waals surface area contributed by atoms with Gasteiger partial charge in [0.25, 0.3) is 0 Å². The summed E-state index contributed by atoms with van der Waals surface area (Å²) >= 11 is 0. The van der Waals surface area contributed by atoms with Crippen molar-refractivity contribution in [1.82, 2.24) is 15.0 Å². The van der Waals surface area contributed by atoms with Crippen LogP contribution in [0.3, 0.4) is 0 Å². The van der Waals surface area contributed by atoms with E-state index in [2.05, 4.69) is 25.2 Å². The number of nitrogens with zero attached hydrogens (tertiary/aromatic N) is 4. The Morgan fingerprint density at radius 2 is 2.10 bits per heavy atom. The van der Waals surface area contributed by atoms with Gasteiger partial charge in [-0.3, -0.25) is 0 Å². The predicted molar refractivity (Wildman–Crippen MR) is 76.7 cm³/mol. The van der Waals surface area contributed by atoms with Crippen LogP contribution < -0.4 is 16.0 Å². The summed E-state index contributed by atoms with van der Waals surface area (Å²) < 4.78 is 4.87. The fraction of sp³-hybridized carbons (Fsp3) is 0.750. The summed E-state index contributed by atoms with van der Waals surface area (Å²) in [5.74, 6) is 1.28. The number of ether oxygens (including phenoxy) is 1. The van der Waals surface area contributed by atoms with Gasteiger partial charge in [-0.05, 0) is 19.3 Å². The molecule has 1 aromatic heterocycles. The largest absolute Gasteiger partial charge is 0.391 e. The van der Waals surface area contributed by atoms with Crippen molar-refractivity contribution < 1.29 is 9.84 Å². The summed E-state index contributed by atoms with van der Waals surface area (Å²) in [4.78, 5) is 14.7. The lowest BCUT2D eigenvalue weighted by atomic mass is 10.3. The Morgan fingerprint density at radius 1 is 1.35 bits per heavy atom. The lowest BCUT2D eigenvalue weighted by molar-refractivity contribution is 0.0615. The minimum absolute atomic E-state index is 0.210. The maximum absolute atomic E-state index is 9.56. The molecule has 1 aliphatic heterocycles. The van der Waals surface area contributed by atoms with Crippen LogP contribution in [0.2, 0.25) is 0 Å². The lowest BCUT2D eigenvalue weighted by Crippen LogP contribution is -2.23. The molecule has 1 aliphatic rings. The van der Waals surface area contributed by atoms with E-state index in [1.54, 1.807) is 7.11 Å². The second-order valence-corrected chi connectivity index (χ2v) is 4.84. The molecule has 0 aromatic carbocycles. The van der Waals surface area contributed by atoms with E-state index in [0.717, 1.165) is 25.9 Å². The highest BCUT2D eigenvalue weighted by Crippen LogP contribution is 2.17. The number of hydrogen-bond donors (Lipinski definition) is 3. The van der Waals surface area contributed by atoms with Crippen molar-refractivity contribution in [3.63, 3.8) is 0 Å². The van der Waals surface area contributed by atoms with E-state index >= 15 is 0 Å². The summed E-state index contributed by atoms with van der Waals surface area (Å²) in [7, 11) is 1.56. The molecule has 0 spiro atoms. The molecule has 20 heavy (non-hydrogen) atoms. The summed E-state index contributed by atoms with van der Waals surface area (Å²) in [5, 5.41) is 12.6. The van der Waals surface area contributed by atoms with Gasteiger partial charge in [-0.2, -0.15) is 15.0 Å². The van der Waals surface area contributed by atoms with E-state index in [-0.39, 0.29) is 5.95 Å². The van der Waals surface area contributed by atoms with Crippen molar-refractivity contribution >= 4 is 17.8 Å². The standard InChI is InChI=1S/C12H22N6O2/c1-20-8-9(19)4-5-14-11-15-10(13)16-12(17-11)18-6-2-3-7-18/h9,19H,2-8H2,1H3,(H3,13,14,15,16,17). The first-order valence-corrected chi connectivity index (χ1v) is 6.86. The number of anilines is 3. The van der Waals surface area contributed by atoms with Gasteiger partial charge in [0.1, 0.15) is 0 Å². The van der Waals surface area contributed by atoms with Crippen molar-refractivity contribution in [3.8, 4) is 0 Å². The van der Waals surface area contributed by atoms with Gasteiger partial charge in [0.2, 0.25) is 17.8 Å². The molecule has 1 aromatic rings. The quantitative estimate of drug-likeness (QED) is 0.634. The number of aliphatic hydroxyl groups is 1. The van der Waals surface area contributed by atoms with Gasteiger partial charge in [0.05, 0.1) is 12.7 Å². The Kier molecular flexibility index (Phi) is 5.31. The average Bonchev–Trinajstić information content (AvgIpc) is 2.92. The molecule has 0 radical (unpaired) electrons. The Morgan fingerprint density at radius 3 is 2.80 bits per heavy atom. The van der Waals surface area contributed by atoms with Gasteiger partial charge < -0.3 is 25.8 Å². The van der Waals surface area contributed by atoms with E-state index < -0.39 is 6.10 Å². The van der Waals surface area contributed by atoms with Crippen molar-refractivity contribution in [2.45, 2.75) is 25.4 Å². The molecule has 1 unspecified atom stereocenters. The van der Waals surface area contributed by atoms with Gasteiger partial charge in [-0.25, -0.2) is 0 Å². The number of hydrogen-bond acceptors (Lipinski definition) is 8. The number of rotatable bonds is 7. The molecule has 2 rings (SSSR count). The molecule has 112 valence electrons. The number of methoxy groups -OCH3 is 1. The van der Waals surface area contributed by atoms with Crippen LogP contribution >= 0.6 is 0 Å². The van der Waals surface area contributed by atoms with Crippen molar-refractivity contribution in [2.24, 2.45) is 0 Å². The topological polar surface area (TPSA) is 109 Å². The zero-order valence-electron chi connectivity index (χ0n) is 11.7. The number of aromatic nitrogens is 3. The summed E-state index contributed by atoms with van der Waals surface area (Å²) in [6.07, 6.45) is 2.36. The predicted octanol–water partition coefficient (Wildman–Crippen LogP) is -0.137. The third-order valence-electron chi connectivity index (χ3n) is 3.15. The van der Waals surface area contributed by atoms with Crippen molar-refractivity contribution in [2.75, 3.05) is 49.3 Å². The summed E-state index contributed by atoms with van der Waals surface area (Å²) in [5.41, 5.74) is 5.71. The Balaban J connectivity index is 1.90. The minimum atomic E-state index is -0.496. The molecular formula is C12H22N6O2. The second kappa shape index (κ2) is 7.20. The number of nitrogens with two attached hydrogens (primary N) is 1. The molecule has 2 heterocycles. The van der Waals surface area contributed by atoms with E-state index in [0.29, 0.717) is 31.5 Å². The lowest BCUT2D eigenvalue weighted by Gasteiger charge is -2.16. The van der Waals surface area contributed by atoms with Crippen LogP contribution in [0.1, 0.15) is 19.3 Å². The van der Waals surface area contributed by atoms with Gasteiger partial charge in [0, 0.05) is 26.7 Å². The molecular weight excluding hydrogens is 260 g/mol. The molecule has 1 saturated heterocycles. The summed E-state index contributed by atoms with van der Waals surface area (Å²) in [6, 6.07) is 0. The Hall–Kier alpha value is -1.67. The van der Waals surface area contributed by atoms with Gasteiger partial charge in [0.15, 0.2) is 0 Å². The van der Waals surface area contributed by atoms with Gasteiger partial charge in [-0.15, -0.1) is 0 Å². The van der Waals surface area contributed by atoms with Crippen LogP contribution in [-0.4, -0.2) is 59.5 Å². The zero-order valence-corrected chi connectivity index (χ0v) is 11.7. The van der Waals surface area contributed by atoms with Crippen LogP contribution in [0, 0.1) is 0 Å². The molecule has 1 fully saturated rings. The fourth-order valence-electron chi connectivity index (χ4n) is 2.14. The van der Waals surface area contributed by atoms with Crippen LogP contribution in [0.4, 0.5) is 17.8 Å². The van der Waals surface area contributed by atoms with Crippen LogP contribution in [0.5, 0.6) is 0 Å². The summed E-state index contributed by atoms with van der Waals surface area (Å²) in [6.45, 7) is 2.78. The second-order valence-electron chi connectivity index (χ2n) is 4.84. The highest BCUT2D eigenvalue weighted by molar-refractivity contribution is 5.42. The monoisotopic (exact) mass is 282 g/mol. The Bertz CT molecular complexity index is 424. The molecule has 4 N–H and O–H groups in total. The van der Waals surface area contributed by atoms with Crippen molar-refractivity contribution in [3.05, 3.63) is 0 Å². The Labute approximate surface area is 118 Å². The molecule has 8 nitrogen and oxygen atoms in total. The number of aliphatic hydroxyl groups excluding tert-OH is 1. The zero-order chi connectivity index (χ0) is 14.4. The molecule has 0 saturated carbocycles. The number of nitrogen functional groups attached to an aromatic ring is 1. The van der Waals surface area contributed by atoms with E-state index in [1.807, 2.05) is 0 Å². The smallest absolute Gasteiger partial charge is 0.231 e. The third-order valence-corrected chi connectivity index (χ3v) is 3.15. The van der Waals surface area contributed by atoms with E-state index in [9.17, 15) is 5.11 Å². The van der Waals surface area contributed by atoms with E-state index in [4.69, 9.17) is 10.5 Å². The van der Waals surface area contributed by atoms with E-state index in [1.165, 1.54) is 0 Å². The minimum Gasteiger partial charge on any atom is -0.391 e. The van der Waals surface area contributed by atoms with Crippen molar-refractivity contribution in [1.29, 1.82) is 0 Å². The van der Waals surface area contributed by atoms with Crippen LogP contribution in [0.25, 0.3) is 0 Å². The first kappa shape index (κ1) is 14.7.